The highest BCUT2D eigenvalue weighted by molar-refractivity contribution is 6.30. The van der Waals surface area contributed by atoms with Gasteiger partial charge in [-0.3, -0.25) is 0 Å². The highest BCUT2D eigenvalue weighted by atomic mass is 35.5. The van der Waals surface area contributed by atoms with Gasteiger partial charge in [0, 0.05) is 5.02 Å². The van der Waals surface area contributed by atoms with E-state index in [1.165, 1.54) is 0 Å². The molecule has 29 heavy (non-hydrogen) atoms. The maximum atomic E-state index is 6.07. The molecule has 0 aliphatic heterocycles. The summed E-state index contributed by atoms with van der Waals surface area (Å²) in [6.07, 6.45) is 0. The van der Waals surface area contributed by atoms with Gasteiger partial charge in [-0.25, -0.2) is 0 Å². The maximum absolute atomic E-state index is 6.07. The van der Waals surface area contributed by atoms with Crippen molar-refractivity contribution >= 4 is 11.6 Å². The molecule has 2 aromatic carbocycles. The summed E-state index contributed by atoms with van der Waals surface area (Å²) >= 11 is 6.07. The first kappa shape index (κ1) is 18.9. The van der Waals surface area contributed by atoms with Crippen LogP contribution in [0.3, 0.4) is 0 Å². The number of nitrogens with zero attached hydrogens (tertiary/aromatic N) is 2. The van der Waals surface area contributed by atoms with Crippen LogP contribution in [0.2, 0.25) is 5.02 Å². The fourth-order valence-electron chi connectivity index (χ4n) is 2.68. The summed E-state index contributed by atoms with van der Waals surface area (Å²) in [7, 11) is 3.18. The van der Waals surface area contributed by atoms with Gasteiger partial charge in [0.25, 0.3) is 5.89 Å². The Morgan fingerprint density at radius 2 is 1.72 bits per heavy atom. The molecule has 0 saturated carbocycles. The SMILES string of the molecule is COc1ccc(OCc2ccc(-c3nc(-c4cc(Cl)ccc4OC)no3)o2)cc1. The molecule has 0 spiro atoms. The van der Waals surface area contributed by atoms with E-state index < -0.39 is 0 Å². The first-order valence-electron chi connectivity index (χ1n) is 8.70. The molecule has 0 atom stereocenters. The van der Waals surface area contributed by atoms with E-state index in [1.807, 2.05) is 24.3 Å². The fraction of sp³-hybridized carbons (Fsp3) is 0.143. The Labute approximate surface area is 171 Å². The molecule has 7 nitrogen and oxygen atoms in total. The highest BCUT2D eigenvalue weighted by Crippen LogP contribution is 2.32. The number of hydrogen-bond donors (Lipinski definition) is 0. The van der Waals surface area contributed by atoms with Crippen LogP contribution in [0.25, 0.3) is 23.0 Å². The van der Waals surface area contributed by atoms with Crippen molar-refractivity contribution in [1.82, 2.24) is 10.1 Å². The predicted molar refractivity (Wildman–Crippen MR) is 106 cm³/mol. The van der Waals surface area contributed by atoms with Crippen LogP contribution in [0, 0.1) is 0 Å². The van der Waals surface area contributed by atoms with E-state index in [9.17, 15) is 0 Å². The second-order valence-corrected chi connectivity index (χ2v) is 6.43. The van der Waals surface area contributed by atoms with E-state index in [0.717, 1.165) is 5.75 Å². The van der Waals surface area contributed by atoms with Crippen LogP contribution in [-0.2, 0) is 6.61 Å². The van der Waals surface area contributed by atoms with Crippen molar-refractivity contribution in [1.29, 1.82) is 0 Å². The highest BCUT2D eigenvalue weighted by Gasteiger charge is 2.17. The number of methoxy groups -OCH3 is 2. The Hall–Kier alpha value is -3.45. The van der Waals surface area contributed by atoms with Crippen LogP contribution in [0.4, 0.5) is 0 Å². The van der Waals surface area contributed by atoms with Crippen LogP contribution >= 0.6 is 11.6 Å². The largest absolute Gasteiger partial charge is 0.497 e. The molecular formula is C21H17ClN2O5. The third-order valence-corrected chi connectivity index (χ3v) is 4.38. The first-order valence-corrected chi connectivity index (χ1v) is 9.07. The average Bonchev–Trinajstić information content (AvgIpc) is 3.42. The normalized spacial score (nSPS) is 10.7. The molecule has 0 aliphatic carbocycles. The van der Waals surface area contributed by atoms with E-state index in [4.69, 9.17) is 34.8 Å². The number of hydrogen-bond acceptors (Lipinski definition) is 7. The Morgan fingerprint density at radius 1 is 0.931 bits per heavy atom. The molecule has 148 valence electrons. The molecule has 2 aromatic heterocycles. The summed E-state index contributed by atoms with van der Waals surface area (Å²) in [6.45, 7) is 0.259. The average molecular weight is 413 g/mol. The van der Waals surface area contributed by atoms with Crippen molar-refractivity contribution in [3.63, 3.8) is 0 Å². The monoisotopic (exact) mass is 412 g/mol. The van der Waals surface area contributed by atoms with Crippen LogP contribution in [0.1, 0.15) is 5.76 Å². The lowest BCUT2D eigenvalue weighted by Gasteiger charge is -2.05. The lowest BCUT2D eigenvalue weighted by atomic mass is 10.2. The van der Waals surface area contributed by atoms with E-state index >= 15 is 0 Å². The zero-order chi connectivity index (χ0) is 20.2. The molecule has 4 aromatic rings. The van der Waals surface area contributed by atoms with E-state index in [-0.39, 0.29) is 12.5 Å². The summed E-state index contributed by atoms with van der Waals surface area (Å²) in [5, 5.41) is 4.55. The number of furan rings is 1. The zero-order valence-corrected chi connectivity index (χ0v) is 16.5. The van der Waals surface area contributed by atoms with Gasteiger partial charge in [0.1, 0.15) is 29.6 Å². The van der Waals surface area contributed by atoms with Crippen LogP contribution in [0.15, 0.2) is 63.5 Å². The Bertz CT molecular complexity index is 1100. The number of ether oxygens (including phenoxy) is 3. The van der Waals surface area contributed by atoms with Gasteiger partial charge >= 0.3 is 0 Å². The summed E-state index contributed by atoms with van der Waals surface area (Å²) in [4.78, 5) is 4.39. The van der Waals surface area contributed by atoms with Crippen molar-refractivity contribution in [2.45, 2.75) is 6.61 Å². The van der Waals surface area contributed by atoms with Crippen molar-refractivity contribution in [3.05, 3.63) is 65.4 Å². The first-order chi connectivity index (χ1) is 14.2. The van der Waals surface area contributed by atoms with Crippen LogP contribution < -0.4 is 14.2 Å². The molecule has 0 unspecified atom stereocenters. The van der Waals surface area contributed by atoms with Gasteiger partial charge in [-0.2, -0.15) is 4.98 Å². The number of aromatic nitrogens is 2. The van der Waals surface area contributed by atoms with E-state index in [2.05, 4.69) is 10.1 Å². The standard InChI is InChI=1S/C21H17ClN2O5/c1-25-14-4-6-15(7-5-14)27-12-16-8-10-19(28-16)21-23-20(24-29-21)17-11-13(22)3-9-18(17)26-2/h3-11H,12H2,1-2H3. The molecule has 0 amide bonds. The van der Waals surface area contributed by atoms with Gasteiger partial charge in [0.05, 0.1) is 19.8 Å². The molecule has 0 fully saturated rings. The van der Waals surface area contributed by atoms with E-state index in [1.54, 1.807) is 44.6 Å². The molecule has 0 saturated heterocycles. The minimum Gasteiger partial charge on any atom is -0.497 e. The van der Waals surface area contributed by atoms with Crippen molar-refractivity contribution in [2.24, 2.45) is 0 Å². The quantitative estimate of drug-likeness (QED) is 0.410. The third kappa shape index (κ3) is 4.20. The van der Waals surface area contributed by atoms with Crippen LogP contribution in [0.5, 0.6) is 17.2 Å². The van der Waals surface area contributed by atoms with Gasteiger partial charge in [-0.1, -0.05) is 16.8 Å². The molecule has 4 rings (SSSR count). The van der Waals surface area contributed by atoms with Gasteiger partial charge < -0.3 is 23.2 Å². The maximum Gasteiger partial charge on any atom is 0.293 e. The lowest BCUT2D eigenvalue weighted by molar-refractivity contribution is 0.270. The molecule has 8 heteroatoms. The summed E-state index contributed by atoms with van der Waals surface area (Å²) in [5.41, 5.74) is 0.629. The smallest absolute Gasteiger partial charge is 0.293 e. The summed E-state index contributed by atoms with van der Waals surface area (Å²) in [5.74, 6) is 3.73. The minimum absolute atomic E-state index is 0.248. The van der Waals surface area contributed by atoms with Gasteiger partial charge in [0.2, 0.25) is 5.82 Å². The second-order valence-electron chi connectivity index (χ2n) is 6.00. The minimum atomic E-state index is 0.248. The third-order valence-electron chi connectivity index (χ3n) is 4.14. The fourth-order valence-corrected chi connectivity index (χ4v) is 2.86. The number of halogens is 1. The topological polar surface area (TPSA) is 79.8 Å². The van der Waals surface area contributed by atoms with Crippen molar-refractivity contribution < 1.29 is 23.2 Å². The molecular weight excluding hydrogens is 396 g/mol. The van der Waals surface area contributed by atoms with Crippen molar-refractivity contribution in [3.8, 4) is 40.3 Å². The van der Waals surface area contributed by atoms with E-state index in [0.29, 0.717) is 39.4 Å². The summed E-state index contributed by atoms with van der Waals surface area (Å²) < 4.78 is 27.3. The van der Waals surface area contributed by atoms with Gasteiger partial charge in [-0.05, 0) is 54.6 Å². The molecule has 2 heterocycles. The zero-order valence-electron chi connectivity index (χ0n) is 15.7. The van der Waals surface area contributed by atoms with Gasteiger partial charge in [-0.15, -0.1) is 0 Å². The van der Waals surface area contributed by atoms with Crippen molar-refractivity contribution in [2.75, 3.05) is 14.2 Å². The molecule has 0 aliphatic rings. The second kappa shape index (κ2) is 8.28. The Balaban J connectivity index is 1.48. The number of rotatable bonds is 7. The molecule has 0 N–H and O–H groups in total. The van der Waals surface area contributed by atoms with Gasteiger partial charge in [0.15, 0.2) is 5.76 Å². The predicted octanol–water partition coefficient (Wildman–Crippen LogP) is 5.25. The lowest BCUT2D eigenvalue weighted by Crippen LogP contribution is -1.93. The Kier molecular flexibility index (Phi) is 5.39. The Morgan fingerprint density at radius 3 is 2.48 bits per heavy atom. The molecule has 0 radical (unpaired) electrons. The van der Waals surface area contributed by atoms with Crippen LogP contribution in [-0.4, -0.2) is 24.4 Å². The summed E-state index contributed by atoms with van der Waals surface area (Å²) in [6, 6.07) is 16.0. The molecule has 0 bridgehead atoms. The number of benzene rings is 2.